The van der Waals surface area contributed by atoms with Crippen molar-refractivity contribution in [2.45, 2.75) is 55.8 Å². The summed E-state index contributed by atoms with van der Waals surface area (Å²) in [6.07, 6.45) is 1.39. The molecule has 0 amide bonds. The number of hydrogen-bond acceptors (Lipinski definition) is 3. The van der Waals surface area contributed by atoms with E-state index < -0.39 is 17.3 Å². The van der Waals surface area contributed by atoms with Gasteiger partial charge < -0.3 is 5.11 Å². The molecule has 0 radical (unpaired) electrons. The van der Waals surface area contributed by atoms with Crippen molar-refractivity contribution in [3.8, 4) is 0 Å². The van der Waals surface area contributed by atoms with E-state index in [2.05, 4.69) is 4.98 Å². The van der Waals surface area contributed by atoms with Gasteiger partial charge in [-0.05, 0) is 25.7 Å². The molecule has 1 aromatic rings. The molecule has 104 valence electrons. The maximum atomic E-state index is 13.3. The molecule has 0 aliphatic heterocycles. The Morgan fingerprint density at radius 1 is 1.32 bits per heavy atom. The van der Waals surface area contributed by atoms with Gasteiger partial charge in [-0.1, -0.05) is 0 Å². The van der Waals surface area contributed by atoms with Gasteiger partial charge in [-0.3, -0.25) is 4.79 Å². The summed E-state index contributed by atoms with van der Waals surface area (Å²) < 4.78 is 26.6. The Morgan fingerprint density at radius 2 is 1.95 bits per heavy atom. The van der Waals surface area contributed by atoms with Gasteiger partial charge in [-0.2, -0.15) is 0 Å². The lowest BCUT2D eigenvalue weighted by Crippen LogP contribution is -2.42. The van der Waals surface area contributed by atoms with Gasteiger partial charge in [-0.25, -0.2) is 13.8 Å². The number of carboxylic acid groups (broad SMARTS) is 1. The Hall–Kier alpha value is -1.04. The SMILES string of the molecule is O=C(O)C1(c2scnc2C2CC2)CCC(F)(F)CC1. The molecule has 0 saturated heterocycles. The van der Waals surface area contributed by atoms with Gasteiger partial charge in [0.25, 0.3) is 0 Å². The highest BCUT2D eigenvalue weighted by atomic mass is 32.1. The van der Waals surface area contributed by atoms with E-state index in [9.17, 15) is 18.7 Å². The molecule has 2 aliphatic rings. The van der Waals surface area contributed by atoms with Crippen molar-refractivity contribution in [3.63, 3.8) is 0 Å². The van der Waals surface area contributed by atoms with Crippen molar-refractivity contribution in [2.24, 2.45) is 0 Å². The van der Waals surface area contributed by atoms with Crippen LogP contribution in [0.4, 0.5) is 8.78 Å². The summed E-state index contributed by atoms with van der Waals surface area (Å²) in [5.41, 5.74) is 1.36. The lowest BCUT2D eigenvalue weighted by Gasteiger charge is -2.36. The van der Waals surface area contributed by atoms with Gasteiger partial charge >= 0.3 is 5.97 Å². The summed E-state index contributed by atoms with van der Waals surface area (Å²) in [5, 5.41) is 9.59. The van der Waals surface area contributed by atoms with Crippen LogP contribution < -0.4 is 0 Å². The van der Waals surface area contributed by atoms with Crippen molar-refractivity contribution in [1.29, 1.82) is 0 Å². The fourth-order valence-corrected chi connectivity index (χ4v) is 3.97. The molecule has 0 unspecified atom stereocenters. The molecule has 0 atom stereocenters. The normalized spacial score (nSPS) is 25.2. The van der Waals surface area contributed by atoms with E-state index in [4.69, 9.17) is 0 Å². The zero-order valence-electron chi connectivity index (χ0n) is 10.4. The molecule has 3 nitrogen and oxygen atoms in total. The van der Waals surface area contributed by atoms with Crippen molar-refractivity contribution in [3.05, 3.63) is 16.1 Å². The van der Waals surface area contributed by atoms with Crippen molar-refractivity contribution < 1.29 is 18.7 Å². The van der Waals surface area contributed by atoms with E-state index in [-0.39, 0.29) is 25.7 Å². The molecule has 1 N–H and O–H groups in total. The second-order valence-corrected chi connectivity index (χ2v) is 6.44. The number of aliphatic carboxylic acids is 1. The fourth-order valence-electron chi connectivity index (χ4n) is 2.84. The molecular weight excluding hydrogens is 272 g/mol. The van der Waals surface area contributed by atoms with E-state index in [1.165, 1.54) is 11.3 Å². The number of carbonyl (C=O) groups is 1. The third kappa shape index (κ3) is 2.16. The number of hydrogen-bond donors (Lipinski definition) is 1. The van der Waals surface area contributed by atoms with Gasteiger partial charge in [0.1, 0.15) is 5.41 Å². The summed E-state index contributed by atoms with van der Waals surface area (Å²) in [7, 11) is 0. The zero-order valence-corrected chi connectivity index (χ0v) is 11.2. The van der Waals surface area contributed by atoms with Gasteiger partial charge in [0, 0.05) is 23.6 Å². The quantitative estimate of drug-likeness (QED) is 0.925. The van der Waals surface area contributed by atoms with Crippen LogP contribution in [0.15, 0.2) is 5.51 Å². The van der Waals surface area contributed by atoms with Crippen LogP contribution in [0.3, 0.4) is 0 Å². The second-order valence-electron chi connectivity index (χ2n) is 5.58. The molecule has 2 aliphatic carbocycles. The van der Waals surface area contributed by atoms with Crippen LogP contribution >= 0.6 is 11.3 Å². The van der Waals surface area contributed by atoms with Crippen molar-refractivity contribution >= 4 is 17.3 Å². The fraction of sp³-hybridized carbons (Fsp3) is 0.692. The van der Waals surface area contributed by atoms with Crippen molar-refractivity contribution in [2.75, 3.05) is 0 Å². The largest absolute Gasteiger partial charge is 0.481 e. The van der Waals surface area contributed by atoms with Gasteiger partial charge in [0.2, 0.25) is 5.92 Å². The summed E-state index contributed by atoms with van der Waals surface area (Å²) in [6, 6.07) is 0. The van der Waals surface area contributed by atoms with E-state index in [1.54, 1.807) is 5.51 Å². The number of halogens is 2. The van der Waals surface area contributed by atoms with Crippen LogP contribution in [0, 0.1) is 0 Å². The first-order valence-corrected chi connectivity index (χ1v) is 7.38. The third-order valence-electron chi connectivity index (χ3n) is 4.24. The summed E-state index contributed by atoms with van der Waals surface area (Å²) in [5.74, 6) is -3.35. The summed E-state index contributed by atoms with van der Waals surface area (Å²) in [6.45, 7) is 0. The van der Waals surface area contributed by atoms with E-state index in [1.807, 2.05) is 0 Å². The number of thiazole rings is 1. The minimum Gasteiger partial charge on any atom is -0.481 e. The molecule has 0 aromatic carbocycles. The molecule has 1 heterocycles. The summed E-state index contributed by atoms with van der Waals surface area (Å²) >= 11 is 1.31. The Bertz CT molecular complexity index is 500. The molecule has 2 saturated carbocycles. The predicted molar refractivity (Wildman–Crippen MR) is 66.8 cm³/mol. The van der Waals surface area contributed by atoms with Crippen LogP contribution in [0.5, 0.6) is 0 Å². The van der Waals surface area contributed by atoms with Crippen LogP contribution in [0.2, 0.25) is 0 Å². The van der Waals surface area contributed by atoms with Crippen LogP contribution in [-0.2, 0) is 10.2 Å². The van der Waals surface area contributed by atoms with E-state index in [0.29, 0.717) is 5.92 Å². The summed E-state index contributed by atoms with van der Waals surface area (Å²) in [4.78, 5) is 16.7. The molecule has 6 heteroatoms. The molecule has 3 rings (SSSR count). The monoisotopic (exact) mass is 287 g/mol. The Labute approximate surface area is 113 Å². The lowest BCUT2D eigenvalue weighted by molar-refractivity contribution is -0.149. The van der Waals surface area contributed by atoms with Gasteiger partial charge in [-0.15, -0.1) is 11.3 Å². The van der Waals surface area contributed by atoms with Crippen molar-refractivity contribution in [1.82, 2.24) is 4.98 Å². The smallest absolute Gasteiger partial charge is 0.315 e. The highest BCUT2D eigenvalue weighted by Crippen LogP contribution is 2.51. The second kappa shape index (κ2) is 4.23. The van der Waals surface area contributed by atoms with Gasteiger partial charge in [0.05, 0.1) is 11.2 Å². The standard InChI is InChI=1S/C13H15F2NO2S/c14-13(15)5-3-12(4-6-13,11(17)18)10-9(8-1-2-8)16-7-19-10/h7-8H,1-6H2,(H,17,18). The molecule has 0 bridgehead atoms. The number of carboxylic acids is 1. The minimum absolute atomic E-state index is 0.0112. The van der Waals surface area contributed by atoms with Crippen LogP contribution in [-0.4, -0.2) is 22.0 Å². The Morgan fingerprint density at radius 3 is 2.47 bits per heavy atom. The number of aromatic nitrogens is 1. The first kappa shape index (κ1) is 13.0. The average Bonchev–Trinajstić information content (AvgIpc) is 3.08. The zero-order chi connectivity index (χ0) is 13.7. The topological polar surface area (TPSA) is 50.2 Å². The van der Waals surface area contributed by atoms with E-state index in [0.717, 1.165) is 23.4 Å². The third-order valence-corrected chi connectivity index (χ3v) is 5.28. The first-order chi connectivity index (χ1) is 8.95. The number of rotatable bonds is 3. The molecule has 1 aromatic heterocycles. The molecule has 0 spiro atoms. The number of alkyl halides is 2. The minimum atomic E-state index is -2.72. The molecular formula is C13H15F2NO2S. The Kier molecular flexibility index (Phi) is 2.89. The first-order valence-electron chi connectivity index (χ1n) is 6.50. The predicted octanol–water partition coefficient (Wildman–Crippen LogP) is 3.55. The number of nitrogens with zero attached hydrogens (tertiary/aromatic N) is 1. The maximum Gasteiger partial charge on any atom is 0.315 e. The highest BCUT2D eigenvalue weighted by Gasteiger charge is 2.51. The van der Waals surface area contributed by atoms with Crippen LogP contribution in [0.1, 0.15) is 55.0 Å². The molecule has 2 fully saturated rings. The van der Waals surface area contributed by atoms with E-state index >= 15 is 0 Å². The van der Waals surface area contributed by atoms with Gasteiger partial charge in [0.15, 0.2) is 0 Å². The highest BCUT2D eigenvalue weighted by molar-refractivity contribution is 7.10. The molecule has 19 heavy (non-hydrogen) atoms. The maximum absolute atomic E-state index is 13.3. The Balaban J connectivity index is 1.97. The average molecular weight is 287 g/mol. The van der Waals surface area contributed by atoms with Crippen LogP contribution in [0.25, 0.3) is 0 Å². The lowest BCUT2D eigenvalue weighted by atomic mass is 9.71.